The molecule has 0 bridgehead atoms. The molecular formula is C18H21N3O2S2. The summed E-state index contributed by atoms with van der Waals surface area (Å²) in [5.74, 6) is 3.52. The van der Waals surface area contributed by atoms with Gasteiger partial charge in [0.25, 0.3) is 5.91 Å². The fourth-order valence-corrected chi connectivity index (χ4v) is 5.95. The van der Waals surface area contributed by atoms with Gasteiger partial charge in [0.05, 0.1) is 17.4 Å². The quantitative estimate of drug-likeness (QED) is 0.864. The second-order valence-electron chi connectivity index (χ2n) is 6.28. The number of rotatable bonds is 5. The average Bonchev–Trinajstić information content (AvgIpc) is 3.39. The highest BCUT2D eigenvalue weighted by atomic mass is 32.2. The molecule has 25 heavy (non-hydrogen) atoms. The highest BCUT2D eigenvalue weighted by Gasteiger charge is 2.20. The van der Waals surface area contributed by atoms with E-state index in [1.165, 1.54) is 17.1 Å². The van der Waals surface area contributed by atoms with E-state index in [2.05, 4.69) is 22.5 Å². The molecule has 1 aromatic carbocycles. The van der Waals surface area contributed by atoms with Crippen LogP contribution >= 0.6 is 23.5 Å². The number of hydrogen-bond donors (Lipinski definition) is 1. The number of nitrogens with one attached hydrogen (secondary N) is 1. The van der Waals surface area contributed by atoms with Gasteiger partial charge in [-0.2, -0.15) is 5.10 Å². The van der Waals surface area contributed by atoms with E-state index in [-0.39, 0.29) is 5.91 Å². The molecule has 0 radical (unpaired) electrons. The number of ether oxygens (including phenoxy) is 1. The average molecular weight is 376 g/mol. The van der Waals surface area contributed by atoms with E-state index in [1.54, 1.807) is 6.20 Å². The number of anilines is 1. The predicted octanol–water partition coefficient (Wildman–Crippen LogP) is 3.65. The summed E-state index contributed by atoms with van der Waals surface area (Å²) in [6, 6.07) is 9.80. The lowest BCUT2D eigenvalue weighted by Gasteiger charge is -2.13. The third kappa shape index (κ3) is 4.04. The second-order valence-corrected chi connectivity index (χ2v) is 9.00. The zero-order valence-electron chi connectivity index (χ0n) is 13.9. The van der Waals surface area contributed by atoms with Gasteiger partial charge < -0.3 is 10.1 Å². The lowest BCUT2D eigenvalue weighted by atomic mass is 10.1. The first-order valence-corrected chi connectivity index (χ1v) is 10.6. The van der Waals surface area contributed by atoms with Gasteiger partial charge in [-0.3, -0.25) is 4.79 Å². The summed E-state index contributed by atoms with van der Waals surface area (Å²) in [4.78, 5) is 12.5. The van der Waals surface area contributed by atoms with Gasteiger partial charge in [0.2, 0.25) is 0 Å². The summed E-state index contributed by atoms with van der Waals surface area (Å²) in [5, 5.41) is 7.31. The number of nitrogens with zero attached hydrogens (tertiary/aromatic N) is 2. The summed E-state index contributed by atoms with van der Waals surface area (Å²) in [6.45, 7) is 2.36. The number of thioether (sulfide) groups is 2. The van der Waals surface area contributed by atoms with Gasteiger partial charge >= 0.3 is 0 Å². The largest absolute Gasteiger partial charge is 0.381 e. The standard InChI is InChI=1S/C18H21N3O2S2/c22-17(14-1-3-15(4-2-14)18-24-9-10-25-18)20-16-5-7-19-21(16)11-13-6-8-23-12-13/h1-5,7,13,18H,6,8-12H2,(H,20,22)/t13-/m1/s1. The lowest BCUT2D eigenvalue weighted by molar-refractivity contribution is 0.102. The van der Waals surface area contributed by atoms with Crippen LogP contribution in [0.5, 0.6) is 0 Å². The first-order valence-electron chi connectivity index (χ1n) is 8.54. The van der Waals surface area contributed by atoms with Crippen LogP contribution in [0.15, 0.2) is 36.5 Å². The Morgan fingerprint density at radius 2 is 2.04 bits per heavy atom. The SMILES string of the molecule is O=C(Nc1ccnn1C[C@H]1CCOC1)c1ccc(C2SCCS2)cc1. The Kier molecular flexibility index (Phi) is 5.33. The molecule has 1 atom stereocenters. The van der Waals surface area contributed by atoms with Crippen molar-refractivity contribution < 1.29 is 9.53 Å². The second kappa shape index (κ2) is 7.85. The van der Waals surface area contributed by atoms with Gasteiger partial charge in [-0.05, 0) is 24.1 Å². The maximum absolute atomic E-state index is 12.5. The van der Waals surface area contributed by atoms with E-state index in [4.69, 9.17) is 4.74 Å². The maximum atomic E-state index is 12.5. The van der Waals surface area contributed by atoms with Crippen molar-refractivity contribution in [3.63, 3.8) is 0 Å². The maximum Gasteiger partial charge on any atom is 0.256 e. The molecule has 0 unspecified atom stereocenters. The number of carbonyl (C=O) groups excluding carboxylic acids is 1. The van der Waals surface area contributed by atoms with Crippen LogP contribution in [0.25, 0.3) is 0 Å². The van der Waals surface area contributed by atoms with Crippen molar-refractivity contribution in [2.24, 2.45) is 5.92 Å². The number of carbonyl (C=O) groups is 1. The Labute approximate surface area is 155 Å². The predicted molar refractivity (Wildman–Crippen MR) is 103 cm³/mol. The minimum absolute atomic E-state index is 0.0947. The zero-order valence-corrected chi connectivity index (χ0v) is 15.5. The van der Waals surface area contributed by atoms with Gasteiger partial charge in [-0.1, -0.05) is 12.1 Å². The fraction of sp³-hybridized carbons (Fsp3) is 0.444. The molecule has 132 valence electrons. The number of aromatic nitrogens is 2. The molecule has 2 saturated heterocycles. The van der Waals surface area contributed by atoms with E-state index in [9.17, 15) is 4.79 Å². The topological polar surface area (TPSA) is 56.2 Å². The van der Waals surface area contributed by atoms with E-state index >= 15 is 0 Å². The van der Waals surface area contributed by atoms with Gasteiger partial charge in [0.15, 0.2) is 0 Å². The van der Waals surface area contributed by atoms with Crippen LogP contribution in [0, 0.1) is 5.92 Å². The Bertz CT molecular complexity index is 720. The molecule has 5 nitrogen and oxygen atoms in total. The van der Waals surface area contributed by atoms with Crippen molar-refractivity contribution in [2.45, 2.75) is 17.5 Å². The monoisotopic (exact) mass is 375 g/mol. The molecule has 3 heterocycles. The highest BCUT2D eigenvalue weighted by molar-refractivity contribution is 8.19. The third-order valence-corrected chi connectivity index (χ3v) is 7.58. The number of benzene rings is 1. The Balaban J connectivity index is 1.40. The summed E-state index contributed by atoms with van der Waals surface area (Å²) in [5.41, 5.74) is 1.96. The summed E-state index contributed by atoms with van der Waals surface area (Å²) in [7, 11) is 0. The van der Waals surface area contributed by atoms with Crippen molar-refractivity contribution in [1.82, 2.24) is 9.78 Å². The third-order valence-electron chi connectivity index (χ3n) is 4.48. The van der Waals surface area contributed by atoms with Gasteiger partial charge in [0, 0.05) is 42.2 Å². The van der Waals surface area contributed by atoms with Crippen LogP contribution in [-0.2, 0) is 11.3 Å². The van der Waals surface area contributed by atoms with E-state index in [0.29, 0.717) is 16.1 Å². The summed E-state index contributed by atoms with van der Waals surface area (Å²) < 4.78 is 7.78. The highest BCUT2D eigenvalue weighted by Crippen LogP contribution is 2.45. The minimum atomic E-state index is -0.0947. The van der Waals surface area contributed by atoms with Crippen LogP contribution < -0.4 is 5.32 Å². The smallest absolute Gasteiger partial charge is 0.256 e. The van der Waals surface area contributed by atoms with Crippen LogP contribution in [0.3, 0.4) is 0 Å². The number of amides is 1. The summed E-state index contributed by atoms with van der Waals surface area (Å²) >= 11 is 3.94. The van der Waals surface area contributed by atoms with Gasteiger partial charge in [0.1, 0.15) is 5.82 Å². The molecule has 0 aliphatic carbocycles. The van der Waals surface area contributed by atoms with Gasteiger partial charge in [-0.25, -0.2) is 4.68 Å². The van der Waals surface area contributed by atoms with Crippen molar-refractivity contribution >= 4 is 35.2 Å². The molecular weight excluding hydrogens is 354 g/mol. The normalized spacial score (nSPS) is 20.9. The first kappa shape index (κ1) is 17.0. The Morgan fingerprint density at radius 3 is 2.76 bits per heavy atom. The molecule has 2 aliphatic heterocycles. The van der Waals surface area contributed by atoms with E-state index in [1.807, 2.05) is 46.4 Å². The molecule has 2 aromatic rings. The molecule has 0 spiro atoms. The van der Waals surface area contributed by atoms with Crippen LogP contribution in [0.1, 0.15) is 26.9 Å². The van der Waals surface area contributed by atoms with Gasteiger partial charge in [-0.15, -0.1) is 23.5 Å². The minimum Gasteiger partial charge on any atom is -0.381 e. The van der Waals surface area contributed by atoms with E-state index < -0.39 is 0 Å². The molecule has 0 saturated carbocycles. The van der Waals surface area contributed by atoms with Crippen molar-refractivity contribution in [2.75, 3.05) is 30.0 Å². The zero-order chi connectivity index (χ0) is 17.1. The Morgan fingerprint density at radius 1 is 1.24 bits per heavy atom. The molecule has 4 rings (SSSR count). The van der Waals surface area contributed by atoms with Crippen LogP contribution in [-0.4, -0.2) is 40.4 Å². The molecule has 2 fully saturated rings. The van der Waals surface area contributed by atoms with Crippen LogP contribution in [0.4, 0.5) is 5.82 Å². The lowest BCUT2D eigenvalue weighted by Crippen LogP contribution is -2.18. The molecule has 7 heteroatoms. The van der Waals surface area contributed by atoms with Crippen LogP contribution in [0.2, 0.25) is 0 Å². The van der Waals surface area contributed by atoms with Crippen molar-refractivity contribution in [1.29, 1.82) is 0 Å². The molecule has 2 aliphatic rings. The molecule has 1 N–H and O–H groups in total. The van der Waals surface area contributed by atoms with E-state index in [0.717, 1.165) is 32.0 Å². The van der Waals surface area contributed by atoms with Crippen molar-refractivity contribution in [3.05, 3.63) is 47.7 Å². The fourth-order valence-electron chi connectivity index (χ4n) is 3.09. The first-order chi connectivity index (χ1) is 12.3. The number of hydrogen-bond acceptors (Lipinski definition) is 5. The Hall–Kier alpha value is -1.44. The molecule has 1 aromatic heterocycles. The van der Waals surface area contributed by atoms with Crippen molar-refractivity contribution in [3.8, 4) is 0 Å². The molecule has 1 amide bonds. The summed E-state index contributed by atoms with van der Waals surface area (Å²) in [6.07, 6.45) is 2.77.